The van der Waals surface area contributed by atoms with Gasteiger partial charge >= 0.3 is 0 Å². The molecule has 2 N–H and O–H groups in total. The molecule has 1 heterocycles. The molecule has 4 nitrogen and oxygen atoms in total. The van der Waals surface area contributed by atoms with Crippen molar-refractivity contribution in [3.8, 4) is 22.7 Å². The summed E-state index contributed by atoms with van der Waals surface area (Å²) in [5.41, 5.74) is 2.79. The van der Waals surface area contributed by atoms with Crippen molar-refractivity contribution in [2.24, 2.45) is 0 Å². The molecule has 20 heavy (non-hydrogen) atoms. The highest BCUT2D eigenvalue weighted by Gasteiger charge is 2.14. The molecule has 0 unspecified atom stereocenters. The van der Waals surface area contributed by atoms with Crippen molar-refractivity contribution in [1.29, 1.82) is 0 Å². The maximum absolute atomic E-state index is 9.93. The first kappa shape index (κ1) is 12.4. The minimum Gasteiger partial charge on any atom is -0.507 e. The second-order valence-corrected chi connectivity index (χ2v) is 4.46. The second kappa shape index (κ2) is 5.19. The van der Waals surface area contributed by atoms with Gasteiger partial charge < -0.3 is 10.2 Å². The lowest BCUT2D eigenvalue weighted by atomic mass is 10.1. The lowest BCUT2D eigenvalue weighted by Gasteiger charge is -2.02. The zero-order valence-corrected chi connectivity index (χ0v) is 10.8. The molecule has 100 valence electrons. The second-order valence-electron chi connectivity index (χ2n) is 4.46. The van der Waals surface area contributed by atoms with E-state index in [1.54, 1.807) is 29.1 Å². The van der Waals surface area contributed by atoms with Crippen molar-refractivity contribution in [2.45, 2.75) is 6.61 Å². The Hall–Kier alpha value is -2.59. The van der Waals surface area contributed by atoms with E-state index in [1.165, 1.54) is 0 Å². The zero-order valence-electron chi connectivity index (χ0n) is 10.8. The highest BCUT2D eigenvalue weighted by molar-refractivity contribution is 5.69. The molecule has 0 atom stereocenters. The Bertz CT molecular complexity index is 720. The van der Waals surface area contributed by atoms with Gasteiger partial charge in [-0.3, -0.25) is 0 Å². The zero-order chi connectivity index (χ0) is 13.9. The van der Waals surface area contributed by atoms with Crippen LogP contribution in [0.1, 0.15) is 5.56 Å². The number of benzene rings is 2. The molecule has 4 heteroatoms. The molecule has 0 radical (unpaired) electrons. The summed E-state index contributed by atoms with van der Waals surface area (Å²) in [6, 6.07) is 16.6. The fraction of sp³-hybridized carbons (Fsp3) is 0.0625. The van der Waals surface area contributed by atoms with Gasteiger partial charge in [-0.15, -0.1) is 0 Å². The highest BCUT2D eigenvalue weighted by Crippen LogP contribution is 2.30. The summed E-state index contributed by atoms with van der Waals surface area (Å²) in [4.78, 5) is 0. The van der Waals surface area contributed by atoms with Crippen molar-refractivity contribution in [3.05, 3.63) is 66.4 Å². The standard InChI is InChI=1S/C16H14N2O2/c19-11-12-10-18(13-6-2-1-3-7-13)17-16(12)14-8-4-5-9-15(14)20/h1-10,19-20H,11H2. The number of aliphatic hydroxyl groups is 1. The molecule has 0 spiro atoms. The third-order valence-corrected chi connectivity index (χ3v) is 3.14. The fourth-order valence-electron chi connectivity index (χ4n) is 2.14. The van der Waals surface area contributed by atoms with Gasteiger partial charge in [0.05, 0.1) is 12.3 Å². The van der Waals surface area contributed by atoms with Crippen molar-refractivity contribution < 1.29 is 10.2 Å². The average molecular weight is 266 g/mol. The van der Waals surface area contributed by atoms with Crippen LogP contribution >= 0.6 is 0 Å². The number of para-hydroxylation sites is 2. The molecule has 3 aromatic rings. The first-order valence-corrected chi connectivity index (χ1v) is 6.33. The Morgan fingerprint density at radius 1 is 0.950 bits per heavy atom. The number of phenols is 1. The van der Waals surface area contributed by atoms with E-state index in [9.17, 15) is 10.2 Å². The van der Waals surface area contributed by atoms with E-state index in [0.29, 0.717) is 16.8 Å². The lowest BCUT2D eigenvalue weighted by molar-refractivity contribution is 0.282. The molecule has 0 aliphatic heterocycles. The Morgan fingerprint density at radius 3 is 2.35 bits per heavy atom. The summed E-state index contributed by atoms with van der Waals surface area (Å²) < 4.78 is 1.70. The number of hydrogen-bond acceptors (Lipinski definition) is 3. The van der Waals surface area contributed by atoms with Crippen LogP contribution in [-0.4, -0.2) is 20.0 Å². The Labute approximate surface area is 116 Å². The molecule has 0 bridgehead atoms. The monoisotopic (exact) mass is 266 g/mol. The minimum absolute atomic E-state index is 0.128. The van der Waals surface area contributed by atoms with Gasteiger partial charge in [0.25, 0.3) is 0 Å². The van der Waals surface area contributed by atoms with E-state index < -0.39 is 0 Å². The topological polar surface area (TPSA) is 58.3 Å². The van der Waals surface area contributed by atoms with Crippen LogP contribution in [0.25, 0.3) is 16.9 Å². The third kappa shape index (κ3) is 2.17. The number of aliphatic hydroxyl groups excluding tert-OH is 1. The van der Waals surface area contributed by atoms with Crippen LogP contribution in [-0.2, 0) is 6.61 Å². The van der Waals surface area contributed by atoms with Crippen LogP contribution in [0.5, 0.6) is 5.75 Å². The Kier molecular flexibility index (Phi) is 3.23. The van der Waals surface area contributed by atoms with Crippen LogP contribution in [0.3, 0.4) is 0 Å². The summed E-state index contributed by atoms with van der Waals surface area (Å²) in [5.74, 6) is 0.153. The van der Waals surface area contributed by atoms with Crippen LogP contribution in [0, 0.1) is 0 Å². The molecular formula is C16H14N2O2. The average Bonchev–Trinajstić information content (AvgIpc) is 2.93. The van der Waals surface area contributed by atoms with Gasteiger partial charge in [-0.05, 0) is 24.3 Å². The SMILES string of the molecule is OCc1cn(-c2ccccc2)nc1-c1ccccc1O. The van der Waals surface area contributed by atoms with Gasteiger partial charge in [-0.1, -0.05) is 30.3 Å². The molecule has 0 aliphatic carbocycles. The minimum atomic E-state index is -0.128. The summed E-state index contributed by atoms with van der Waals surface area (Å²) >= 11 is 0. The van der Waals surface area contributed by atoms with Gasteiger partial charge in [-0.2, -0.15) is 5.10 Å². The number of phenolic OH excluding ortho intramolecular Hbond substituents is 1. The summed E-state index contributed by atoms with van der Waals surface area (Å²) in [6.45, 7) is -0.128. The summed E-state index contributed by atoms with van der Waals surface area (Å²) in [6.07, 6.45) is 1.77. The molecule has 1 aromatic heterocycles. The van der Waals surface area contributed by atoms with E-state index in [0.717, 1.165) is 5.69 Å². The van der Waals surface area contributed by atoms with Crippen LogP contribution < -0.4 is 0 Å². The van der Waals surface area contributed by atoms with Gasteiger partial charge in [-0.25, -0.2) is 4.68 Å². The third-order valence-electron chi connectivity index (χ3n) is 3.14. The summed E-state index contributed by atoms with van der Waals surface area (Å²) in [5, 5.41) is 23.9. The molecule has 0 saturated heterocycles. The first-order valence-electron chi connectivity index (χ1n) is 6.33. The summed E-state index contributed by atoms with van der Waals surface area (Å²) in [7, 11) is 0. The number of aromatic hydroxyl groups is 1. The number of rotatable bonds is 3. The number of hydrogen-bond donors (Lipinski definition) is 2. The lowest BCUT2D eigenvalue weighted by Crippen LogP contribution is -1.94. The maximum atomic E-state index is 9.93. The largest absolute Gasteiger partial charge is 0.507 e. The highest BCUT2D eigenvalue weighted by atomic mass is 16.3. The number of aromatic nitrogens is 2. The van der Waals surface area contributed by atoms with E-state index >= 15 is 0 Å². The fourth-order valence-corrected chi connectivity index (χ4v) is 2.14. The van der Waals surface area contributed by atoms with Gasteiger partial charge in [0, 0.05) is 17.3 Å². The molecular weight excluding hydrogens is 252 g/mol. The van der Waals surface area contributed by atoms with Gasteiger partial charge in [0.1, 0.15) is 11.4 Å². The predicted octanol–water partition coefficient (Wildman–Crippen LogP) is 2.74. The molecule has 0 aliphatic rings. The van der Waals surface area contributed by atoms with Crippen molar-refractivity contribution in [1.82, 2.24) is 9.78 Å². The Morgan fingerprint density at radius 2 is 1.65 bits per heavy atom. The van der Waals surface area contributed by atoms with Crippen molar-refractivity contribution >= 4 is 0 Å². The molecule has 0 amide bonds. The Balaban J connectivity index is 2.13. The maximum Gasteiger partial charge on any atom is 0.125 e. The molecule has 0 saturated carbocycles. The van der Waals surface area contributed by atoms with Gasteiger partial charge in [0.15, 0.2) is 0 Å². The van der Waals surface area contributed by atoms with Crippen molar-refractivity contribution in [3.63, 3.8) is 0 Å². The van der Waals surface area contributed by atoms with E-state index in [4.69, 9.17) is 0 Å². The van der Waals surface area contributed by atoms with Gasteiger partial charge in [0.2, 0.25) is 0 Å². The van der Waals surface area contributed by atoms with E-state index in [-0.39, 0.29) is 12.4 Å². The normalized spacial score (nSPS) is 10.7. The van der Waals surface area contributed by atoms with Crippen LogP contribution in [0.4, 0.5) is 0 Å². The number of nitrogens with zero attached hydrogens (tertiary/aromatic N) is 2. The van der Waals surface area contributed by atoms with Crippen LogP contribution in [0.2, 0.25) is 0 Å². The van der Waals surface area contributed by atoms with E-state index in [2.05, 4.69) is 5.10 Å². The first-order chi connectivity index (χ1) is 9.79. The van der Waals surface area contributed by atoms with Crippen molar-refractivity contribution in [2.75, 3.05) is 0 Å². The molecule has 3 rings (SSSR count). The molecule has 0 fully saturated rings. The predicted molar refractivity (Wildman–Crippen MR) is 76.6 cm³/mol. The smallest absolute Gasteiger partial charge is 0.125 e. The van der Waals surface area contributed by atoms with Crippen LogP contribution in [0.15, 0.2) is 60.8 Å². The quantitative estimate of drug-likeness (QED) is 0.766. The molecule has 2 aromatic carbocycles. The van der Waals surface area contributed by atoms with E-state index in [1.807, 2.05) is 36.4 Å².